The molecule has 1 saturated heterocycles. The minimum Gasteiger partial charge on any atom is -0.387 e. The molecule has 3 aromatic rings. The maximum atomic E-state index is 12.1. The van der Waals surface area contributed by atoms with Gasteiger partial charge in [-0.2, -0.15) is 8.62 Å². The topological polar surface area (TPSA) is 277 Å². The van der Waals surface area contributed by atoms with E-state index in [9.17, 15) is 38.6 Å². The second kappa shape index (κ2) is 9.40. The summed E-state index contributed by atoms with van der Waals surface area (Å²) in [7, 11) is -16.1. The van der Waals surface area contributed by atoms with Crippen LogP contribution < -0.4 is 5.73 Å². The lowest BCUT2D eigenvalue weighted by molar-refractivity contribution is -0.0503. The number of phosphoric ester groups is 1. The Bertz CT molecular complexity index is 1350. The highest BCUT2D eigenvalue weighted by Gasteiger charge is 2.47. The van der Waals surface area contributed by atoms with E-state index >= 15 is 0 Å². The highest BCUT2D eigenvalue weighted by Crippen LogP contribution is 2.67. The molecule has 19 nitrogen and oxygen atoms in total. The van der Waals surface area contributed by atoms with Crippen molar-refractivity contribution in [3.05, 3.63) is 31.4 Å². The van der Waals surface area contributed by atoms with Gasteiger partial charge in [-0.15, -0.1) is 0 Å². The van der Waals surface area contributed by atoms with E-state index < -0.39 is 54.5 Å². The van der Waals surface area contributed by atoms with Gasteiger partial charge in [0, 0.05) is 12.4 Å². The first-order valence-electron chi connectivity index (χ1n) is 9.29. The van der Waals surface area contributed by atoms with Gasteiger partial charge in [0.1, 0.15) is 36.5 Å². The van der Waals surface area contributed by atoms with Crippen molar-refractivity contribution < 1.29 is 56.5 Å². The smallest absolute Gasteiger partial charge is 0.387 e. The summed E-state index contributed by atoms with van der Waals surface area (Å²) < 4.78 is 56.0. The Morgan fingerprint density at radius 1 is 1.03 bits per heavy atom. The molecule has 7 N–H and O–H groups in total. The average molecular weight is 557 g/mol. The summed E-state index contributed by atoms with van der Waals surface area (Å²) in [6, 6.07) is 0. The van der Waals surface area contributed by atoms with Crippen LogP contribution in [0.1, 0.15) is 6.23 Å². The minimum absolute atomic E-state index is 0.0520. The van der Waals surface area contributed by atoms with Crippen molar-refractivity contribution in [2.75, 3.05) is 12.3 Å². The van der Waals surface area contributed by atoms with Gasteiger partial charge >= 0.3 is 23.4 Å². The van der Waals surface area contributed by atoms with Gasteiger partial charge in [-0.25, -0.2) is 38.0 Å². The molecule has 4 heterocycles. The number of nitrogen functional groups attached to an aromatic ring is 1. The van der Waals surface area contributed by atoms with Gasteiger partial charge in [0.25, 0.3) is 0 Å². The molecule has 3 unspecified atom stereocenters. The summed E-state index contributed by atoms with van der Waals surface area (Å²) in [5, 5.41) is 20.7. The maximum Gasteiger partial charge on any atom is 0.489 e. The second-order valence-corrected chi connectivity index (χ2v) is 11.8. The van der Waals surface area contributed by atoms with Crippen molar-refractivity contribution in [3.8, 4) is 0 Å². The third kappa shape index (κ3) is 5.51. The van der Waals surface area contributed by atoms with Crippen LogP contribution in [0, 0.1) is 0 Å². The van der Waals surface area contributed by atoms with Crippen molar-refractivity contribution in [1.82, 2.24) is 28.8 Å². The van der Waals surface area contributed by atoms with Crippen LogP contribution in [-0.4, -0.2) is 78.7 Å². The average Bonchev–Trinajstić information content (AvgIpc) is 3.47. The van der Waals surface area contributed by atoms with Crippen LogP contribution in [0.3, 0.4) is 0 Å². The lowest BCUT2D eigenvalue weighted by atomic mass is 10.1. The molecule has 1 aliphatic rings. The Balaban J connectivity index is 1.41. The van der Waals surface area contributed by atoms with Gasteiger partial charge in [-0.05, 0) is 0 Å². The Hall–Kier alpha value is -2.11. The molecule has 4 rings (SSSR count). The van der Waals surface area contributed by atoms with Crippen LogP contribution in [0.15, 0.2) is 31.4 Å². The molecule has 192 valence electrons. The van der Waals surface area contributed by atoms with Crippen LogP contribution in [0.2, 0.25) is 0 Å². The predicted octanol–water partition coefficient (Wildman–Crippen LogP) is -0.877. The molecule has 7 atom stereocenters. The molecule has 35 heavy (non-hydrogen) atoms. The zero-order valence-electron chi connectivity index (χ0n) is 17.1. The van der Waals surface area contributed by atoms with Gasteiger partial charge in [-0.1, -0.05) is 0 Å². The Labute approximate surface area is 194 Å². The number of imidazole rings is 2. The maximum absolute atomic E-state index is 12.1. The first kappa shape index (κ1) is 26.0. The van der Waals surface area contributed by atoms with E-state index in [1.165, 1.54) is 10.9 Å². The van der Waals surface area contributed by atoms with Crippen LogP contribution in [0.4, 0.5) is 5.82 Å². The molecule has 0 aliphatic carbocycles. The highest BCUT2D eigenvalue weighted by atomic mass is 31.3. The summed E-state index contributed by atoms with van der Waals surface area (Å²) in [6.07, 6.45) is -0.817. The van der Waals surface area contributed by atoms with Crippen molar-refractivity contribution in [1.29, 1.82) is 0 Å². The molecule has 22 heteroatoms. The van der Waals surface area contributed by atoms with Gasteiger partial charge in [-0.3, -0.25) is 9.09 Å². The SMILES string of the molecule is Nc1ncnc2c1ncn2[C@@H]1O[C@H](COP(=O)(O)OP(=O)(O)OP(=O)(O)n2ccnc2)[C@@H](O)[C@H]1O. The molecular formula is C13H18N7O12P3. The molecular weight excluding hydrogens is 539 g/mol. The predicted molar refractivity (Wildman–Crippen MR) is 111 cm³/mol. The number of nitrogens with two attached hydrogens (primary N) is 1. The quantitative estimate of drug-likeness (QED) is 0.174. The van der Waals surface area contributed by atoms with Gasteiger partial charge in [0.05, 0.1) is 12.9 Å². The van der Waals surface area contributed by atoms with Gasteiger partial charge in [0.15, 0.2) is 17.7 Å². The van der Waals surface area contributed by atoms with E-state index in [0.29, 0.717) is 4.34 Å². The van der Waals surface area contributed by atoms with Crippen LogP contribution in [0.25, 0.3) is 11.2 Å². The largest absolute Gasteiger partial charge is 0.489 e. The third-order valence-electron chi connectivity index (χ3n) is 4.60. The van der Waals surface area contributed by atoms with E-state index in [2.05, 4.69) is 33.1 Å². The molecule has 0 saturated carbocycles. The molecule has 0 bridgehead atoms. The first-order chi connectivity index (χ1) is 16.3. The van der Waals surface area contributed by atoms with Crippen molar-refractivity contribution >= 4 is 40.4 Å². The summed E-state index contributed by atoms with van der Waals surface area (Å²) >= 11 is 0. The minimum atomic E-state index is -5.64. The lowest BCUT2D eigenvalue weighted by Crippen LogP contribution is -2.33. The van der Waals surface area contributed by atoms with E-state index in [0.717, 1.165) is 25.0 Å². The van der Waals surface area contributed by atoms with Crippen molar-refractivity contribution in [2.45, 2.75) is 24.5 Å². The number of hydrogen-bond donors (Lipinski definition) is 6. The Morgan fingerprint density at radius 3 is 2.46 bits per heavy atom. The van der Waals surface area contributed by atoms with Gasteiger partial charge in [0.2, 0.25) is 0 Å². The van der Waals surface area contributed by atoms with Crippen molar-refractivity contribution in [2.24, 2.45) is 0 Å². The van der Waals surface area contributed by atoms with Crippen LogP contribution in [-0.2, 0) is 31.6 Å². The molecule has 1 fully saturated rings. The highest BCUT2D eigenvalue weighted by molar-refractivity contribution is 7.67. The molecule has 1 aliphatic heterocycles. The number of ether oxygens (including phenoxy) is 1. The number of aliphatic hydroxyl groups is 2. The number of anilines is 1. The fourth-order valence-electron chi connectivity index (χ4n) is 3.07. The number of aromatic nitrogens is 6. The van der Waals surface area contributed by atoms with Crippen molar-refractivity contribution in [3.63, 3.8) is 0 Å². The molecule has 0 radical (unpaired) electrons. The fraction of sp³-hybridized carbons (Fsp3) is 0.385. The fourth-order valence-corrected chi connectivity index (χ4v) is 6.85. The molecule has 0 amide bonds. The number of aliphatic hydroxyl groups excluding tert-OH is 2. The van der Waals surface area contributed by atoms with Crippen LogP contribution in [0.5, 0.6) is 0 Å². The summed E-state index contributed by atoms with van der Waals surface area (Å²) in [4.78, 5) is 44.3. The monoisotopic (exact) mass is 557 g/mol. The zero-order chi connectivity index (χ0) is 25.6. The molecule has 0 spiro atoms. The number of nitrogens with zero attached hydrogens (tertiary/aromatic N) is 6. The van der Waals surface area contributed by atoms with Crippen LogP contribution >= 0.6 is 23.4 Å². The van der Waals surface area contributed by atoms with Gasteiger partial charge < -0.3 is 35.4 Å². The Morgan fingerprint density at radius 2 is 1.77 bits per heavy atom. The van der Waals surface area contributed by atoms with E-state index in [1.54, 1.807) is 0 Å². The summed E-state index contributed by atoms with van der Waals surface area (Å²) in [5.41, 5.74) is 6.06. The molecule has 0 aromatic carbocycles. The number of rotatable bonds is 9. The second-order valence-electron chi connectivity index (χ2n) is 6.96. The Kier molecular flexibility index (Phi) is 6.98. The number of phosphoric acid groups is 2. The third-order valence-corrected chi connectivity index (χ3v) is 9.22. The summed E-state index contributed by atoms with van der Waals surface area (Å²) in [6.45, 7) is -0.926. The van der Waals surface area contributed by atoms with E-state index in [4.69, 9.17) is 10.5 Å². The summed E-state index contributed by atoms with van der Waals surface area (Å²) in [5.74, 6) is 0.0520. The zero-order valence-corrected chi connectivity index (χ0v) is 19.8. The van der Waals surface area contributed by atoms with E-state index in [-0.39, 0.29) is 17.0 Å². The standard InChI is InChI=1S/C13H18N7O12P3/c14-11-8-12(17-4-16-11)20(6-18-8)13-10(22)9(21)7(30-13)3-29-34(25,26)32-35(27,28)31-33(23,24)19-2-1-15-5-19/h1-2,4-7,9-10,13,21-22H,3H2,(H,23,24)(H,25,26)(H,27,28)(H2,14,16,17)/t7-,9-,10-,13-/m1/s1. The number of fused-ring (bicyclic) bond motifs is 1. The van der Waals surface area contributed by atoms with E-state index in [1.807, 2.05) is 0 Å². The first-order valence-corrected chi connectivity index (χ1v) is 13.8. The number of hydrogen-bond acceptors (Lipinski definition) is 14. The molecule has 3 aromatic heterocycles. The lowest BCUT2D eigenvalue weighted by Gasteiger charge is -2.20. The normalized spacial score (nSPS) is 27.9.